The van der Waals surface area contributed by atoms with Gasteiger partial charge in [0.15, 0.2) is 0 Å². The number of halogens is 3. The van der Waals surface area contributed by atoms with Crippen LogP contribution in [-0.2, 0) is 11.1 Å². The van der Waals surface area contributed by atoms with Crippen LogP contribution in [-0.4, -0.2) is 20.1 Å². The van der Waals surface area contributed by atoms with Gasteiger partial charge in [-0.25, -0.2) is 4.79 Å². The number of hydrogen-bond acceptors (Lipinski definition) is 2. The number of hydrogen-bond donors (Lipinski definition) is 0. The summed E-state index contributed by atoms with van der Waals surface area (Å²) < 4.78 is 40.7. The molecule has 0 N–H and O–H groups in total. The first-order chi connectivity index (χ1) is 6.92. The SMILES string of the molecule is COC(=O)c1cccc(C[B-](F)(F)F)c1.[K+]. The van der Waals surface area contributed by atoms with Gasteiger partial charge in [-0.1, -0.05) is 24.0 Å². The summed E-state index contributed by atoms with van der Waals surface area (Å²) in [5.74, 6) is -0.633. The molecule has 7 heteroatoms. The van der Waals surface area contributed by atoms with Crippen LogP contribution in [0.1, 0.15) is 15.9 Å². The van der Waals surface area contributed by atoms with Gasteiger partial charge in [0.2, 0.25) is 0 Å². The zero-order valence-corrected chi connectivity index (χ0v) is 12.2. The summed E-state index contributed by atoms with van der Waals surface area (Å²) in [7, 11) is 1.18. The number of rotatable bonds is 3. The van der Waals surface area contributed by atoms with Crippen LogP contribution in [0, 0.1) is 0 Å². The Morgan fingerprint density at radius 3 is 2.50 bits per heavy atom. The van der Waals surface area contributed by atoms with Crippen molar-refractivity contribution in [2.45, 2.75) is 6.32 Å². The van der Waals surface area contributed by atoms with Crippen molar-refractivity contribution in [3.63, 3.8) is 0 Å². The van der Waals surface area contributed by atoms with Gasteiger partial charge in [-0.2, -0.15) is 0 Å². The van der Waals surface area contributed by atoms with Gasteiger partial charge in [-0.15, -0.1) is 0 Å². The molecule has 0 aliphatic rings. The average Bonchev–Trinajstić information content (AvgIpc) is 2.14. The number of carbonyl (C=O) groups excluding carboxylic acids is 1. The zero-order valence-electron chi connectivity index (χ0n) is 9.04. The smallest absolute Gasteiger partial charge is 0.465 e. The molecule has 1 aromatic rings. The third-order valence-corrected chi connectivity index (χ3v) is 1.82. The molecule has 0 saturated heterocycles. The monoisotopic (exact) mass is 256 g/mol. The van der Waals surface area contributed by atoms with Crippen molar-refractivity contribution >= 4 is 12.9 Å². The summed E-state index contributed by atoms with van der Waals surface area (Å²) in [5, 5.41) is 0. The van der Waals surface area contributed by atoms with E-state index in [2.05, 4.69) is 4.74 Å². The van der Waals surface area contributed by atoms with Crippen molar-refractivity contribution < 1.29 is 73.9 Å². The predicted octanol–water partition coefficient (Wildman–Crippen LogP) is -0.594. The Bertz CT molecular complexity index is 368. The summed E-state index contributed by atoms with van der Waals surface area (Å²) in [6.07, 6.45) is -0.981. The Morgan fingerprint density at radius 1 is 1.38 bits per heavy atom. The van der Waals surface area contributed by atoms with E-state index in [9.17, 15) is 17.7 Å². The van der Waals surface area contributed by atoms with Gasteiger partial charge >= 0.3 is 64.3 Å². The molecule has 1 rings (SSSR count). The first-order valence-electron chi connectivity index (χ1n) is 4.30. The van der Waals surface area contributed by atoms with Gasteiger partial charge < -0.3 is 17.7 Å². The van der Waals surface area contributed by atoms with E-state index in [0.29, 0.717) is 0 Å². The molecular weight excluding hydrogens is 247 g/mol. The molecule has 0 bridgehead atoms. The van der Waals surface area contributed by atoms with Gasteiger partial charge in [0.1, 0.15) is 0 Å². The largest absolute Gasteiger partial charge is 1.00 e. The average molecular weight is 256 g/mol. The van der Waals surface area contributed by atoms with Gasteiger partial charge in [0.05, 0.1) is 12.7 Å². The Hall–Kier alpha value is 0.181. The summed E-state index contributed by atoms with van der Waals surface area (Å²) in [6, 6.07) is 5.35. The molecule has 0 fully saturated rings. The molecule has 0 heterocycles. The molecule has 2 nitrogen and oxygen atoms in total. The fourth-order valence-corrected chi connectivity index (χ4v) is 1.21. The number of ether oxygens (including phenoxy) is 1. The second-order valence-electron chi connectivity index (χ2n) is 3.11. The number of carbonyl (C=O) groups is 1. The van der Waals surface area contributed by atoms with Crippen LogP contribution in [0.25, 0.3) is 0 Å². The van der Waals surface area contributed by atoms with Crippen molar-refractivity contribution in [3.8, 4) is 0 Å². The van der Waals surface area contributed by atoms with E-state index in [-0.39, 0.29) is 62.5 Å². The van der Waals surface area contributed by atoms with E-state index >= 15 is 0 Å². The number of esters is 1. The van der Waals surface area contributed by atoms with Crippen LogP contribution in [0.2, 0.25) is 0 Å². The van der Waals surface area contributed by atoms with Crippen LogP contribution in [0.3, 0.4) is 0 Å². The minimum atomic E-state index is -4.88. The van der Waals surface area contributed by atoms with Crippen LogP contribution >= 0.6 is 0 Å². The van der Waals surface area contributed by atoms with Gasteiger partial charge in [0.25, 0.3) is 0 Å². The second kappa shape index (κ2) is 6.81. The fraction of sp³-hybridized carbons (Fsp3) is 0.222. The van der Waals surface area contributed by atoms with E-state index in [4.69, 9.17) is 0 Å². The normalized spacial score (nSPS) is 10.5. The van der Waals surface area contributed by atoms with Crippen LogP contribution in [0.4, 0.5) is 12.9 Å². The maximum Gasteiger partial charge on any atom is 1.00 e. The molecule has 82 valence electrons. The minimum absolute atomic E-state index is 0. The molecule has 0 aliphatic heterocycles. The molecule has 0 atom stereocenters. The fourth-order valence-electron chi connectivity index (χ4n) is 1.21. The Kier molecular flexibility index (Phi) is 6.88. The molecule has 16 heavy (non-hydrogen) atoms. The quantitative estimate of drug-likeness (QED) is 0.533. The third kappa shape index (κ3) is 5.49. The zero-order chi connectivity index (χ0) is 11.5. The number of methoxy groups -OCH3 is 1. The molecular formula is C9H9BF3KO2. The van der Waals surface area contributed by atoms with E-state index in [1.165, 1.54) is 31.4 Å². The Labute approximate surface area is 134 Å². The van der Waals surface area contributed by atoms with Crippen LogP contribution in [0.5, 0.6) is 0 Å². The number of benzene rings is 1. The standard InChI is InChI=1S/C9H9BF3O2.K/c1-15-9(14)8-4-2-3-7(5-8)6-10(11,12)13;/h2-5H,6H2,1H3;/q-1;+1. The van der Waals surface area contributed by atoms with Gasteiger partial charge in [-0.3, -0.25) is 0 Å². The first kappa shape index (κ1) is 16.2. The molecule has 0 amide bonds. The maximum absolute atomic E-state index is 12.1. The summed E-state index contributed by atoms with van der Waals surface area (Å²) in [5.41, 5.74) is 0.209. The van der Waals surface area contributed by atoms with E-state index < -0.39 is 19.3 Å². The van der Waals surface area contributed by atoms with Crippen molar-refractivity contribution in [2.75, 3.05) is 7.11 Å². The van der Waals surface area contributed by atoms with Crippen LogP contribution in [0.15, 0.2) is 24.3 Å². The summed E-state index contributed by atoms with van der Waals surface area (Å²) in [4.78, 5) is 11.0. The van der Waals surface area contributed by atoms with Crippen molar-refractivity contribution in [3.05, 3.63) is 35.4 Å². The molecule has 0 unspecified atom stereocenters. The topological polar surface area (TPSA) is 26.3 Å². The summed E-state index contributed by atoms with van der Waals surface area (Å²) >= 11 is 0. The molecule has 0 radical (unpaired) electrons. The molecule has 0 aliphatic carbocycles. The van der Waals surface area contributed by atoms with Gasteiger partial charge in [-0.05, 0) is 12.1 Å². The van der Waals surface area contributed by atoms with Crippen molar-refractivity contribution in [1.82, 2.24) is 0 Å². The predicted molar refractivity (Wildman–Crippen MR) is 50.6 cm³/mol. The minimum Gasteiger partial charge on any atom is -0.465 e. The summed E-state index contributed by atoms with van der Waals surface area (Å²) in [6.45, 7) is -4.88. The molecule has 0 spiro atoms. The molecule has 0 saturated carbocycles. The Balaban J connectivity index is 0.00000225. The van der Waals surface area contributed by atoms with Gasteiger partial charge in [0, 0.05) is 0 Å². The second-order valence-corrected chi connectivity index (χ2v) is 3.11. The van der Waals surface area contributed by atoms with Crippen molar-refractivity contribution in [2.24, 2.45) is 0 Å². The molecule has 1 aromatic carbocycles. The van der Waals surface area contributed by atoms with E-state index in [1.54, 1.807) is 0 Å². The molecule has 0 aromatic heterocycles. The first-order valence-corrected chi connectivity index (χ1v) is 4.30. The van der Waals surface area contributed by atoms with E-state index in [0.717, 1.165) is 0 Å². The van der Waals surface area contributed by atoms with Crippen molar-refractivity contribution in [1.29, 1.82) is 0 Å². The van der Waals surface area contributed by atoms with E-state index in [1.807, 2.05) is 0 Å². The Morgan fingerprint density at radius 2 is 2.00 bits per heavy atom. The third-order valence-electron chi connectivity index (χ3n) is 1.82. The maximum atomic E-state index is 12.1. The van der Waals surface area contributed by atoms with Crippen LogP contribution < -0.4 is 51.4 Å².